The van der Waals surface area contributed by atoms with Crippen molar-refractivity contribution in [3.8, 4) is 0 Å². The number of hydrogen-bond donors (Lipinski definition) is 2. The summed E-state index contributed by atoms with van der Waals surface area (Å²) in [5.74, 6) is -2.31. The number of rotatable bonds is 2. The lowest BCUT2D eigenvalue weighted by Gasteiger charge is -2.15. The maximum absolute atomic E-state index is 13.4. The van der Waals surface area contributed by atoms with Crippen molar-refractivity contribution in [2.24, 2.45) is 0 Å². The number of nitrogens with zero attached hydrogens (tertiary/aromatic N) is 2. The van der Waals surface area contributed by atoms with E-state index in [1.807, 2.05) is 0 Å². The van der Waals surface area contributed by atoms with Crippen molar-refractivity contribution >= 4 is 5.82 Å². The Bertz CT molecular complexity index is 529. The molecular weight excluding hydrogens is 236 g/mol. The van der Waals surface area contributed by atoms with Crippen LogP contribution in [0, 0.1) is 5.82 Å². The van der Waals surface area contributed by atoms with Gasteiger partial charge < -0.3 is 15.6 Å². The summed E-state index contributed by atoms with van der Waals surface area (Å²) >= 11 is 0. The SMILES string of the molecule is Nc1nc(=O)n([C@H]2O[C@H](CO)C=C2F)cc1F. The largest absolute Gasteiger partial charge is 0.393 e. The summed E-state index contributed by atoms with van der Waals surface area (Å²) in [6.07, 6.45) is -0.566. The Morgan fingerprint density at radius 3 is 2.88 bits per heavy atom. The monoisotopic (exact) mass is 245 g/mol. The average Bonchev–Trinajstić information content (AvgIpc) is 2.65. The lowest BCUT2D eigenvalue weighted by atomic mass is 10.3. The van der Waals surface area contributed by atoms with Crippen LogP contribution in [0.4, 0.5) is 14.6 Å². The molecule has 0 amide bonds. The van der Waals surface area contributed by atoms with Crippen LogP contribution in [-0.4, -0.2) is 27.4 Å². The number of aliphatic hydroxyl groups is 1. The molecular formula is C9H9F2N3O3. The highest BCUT2D eigenvalue weighted by atomic mass is 19.1. The lowest BCUT2D eigenvalue weighted by Crippen LogP contribution is -2.30. The Labute approximate surface area is 94.0 Å². The molecule has 3 N–H and O–H groups in total. The molecule has 0 bridgehead atoms. The molecule has 2 rings (SSSR count). The summed E-state index contributed by atoms with van der Waals surface area (Å²) in [7, 11) is 0. The fourth-order valence-electron chi connectivity index (χ4n) is 1.45. The van der Waals surface area contributed by atoms with E-state index < -0.39 is 42.1 Å². The van der Waals surface area contributed by atoms with E-state index in [1.165, 1.54) is 0 Å². The molecule has 1 aliphatic heterocycles. The van der Waals surface area contributed by atoms with Gasteiger partial charge in [0.05, 0.1) is 12.8 Å². The molecule has 0 aliphatic carbocycles. The molecule has 8 heteroatoms. The molecule has 92 valence electrons. The van der Waals surface area contributed by atoms with Crippen LogP contribution in [0.15, 0.2) is 22.9 Å². The molecule has 0 fully saturated rings. The third-order valence-electron chi connectivity index (χ3n) is 2.25. The van der Waals surface area contributed by atoms with Crippen molar-refractivity contribution in [1.29, 1.82) is 0 Å². The van der Waals surface area contributed by atoms with Crippen LogP contribution in [0.3, 0.4) is 0 Å². The maximum atomic E-state index is 13.4. The van der Waals surface area contributed by atoms with E-state index in [1.54, 1.807) is 0 Å². The van der Waals surface area contributed by atoms with Crippen molar-refractivity contribution < 1.29 is 18.6 Å². The topological polar surface area (TPSA) is 90.4 Å². The van der Waals surface area contributed by atoms with Crippen LogP contribution in [0.25, 0.3) is 0 Å². The van der Waals surface area contributed by atoms with E-state index in [0.29, 0.717) is 10.8 Å². The van der Waals surface area contributed by atoms with Gasteiger partial charge in [0, 0.05) is 0 Å². The third kappa shape index (κ3) is 2.04. The number of nitrogens with two attached hydrogens (primary N) is 1. The fourth-order valence-corrected chi connectivity index (χ4v) is 1.45. The minimum atomic E-state index is -1.41. The van der Waals surface area contributed by atoms with Crippen LogP contribution in [0.1, 0.15) is 6.23 Å². The van der Waals surface area contributed by atoms with E-state index in [0.717, 1.165) is 6.08 Å². The Hall–Kier alpha value is -1.80. The summed E-state index contributed by atoms with van der Waals surface area (Å²) in [6, 6.07) is 0. The maximum Gasteiger partial charge on any atom is 0.352 e. The average molecular weight is 245 g/mol. The second kappa shape index (κ2) is 4.22. The van der Waals surface area contributed by atoms with Crippen LogP contribution < -0.4 is 11.4 Å². The molecule has 0 saturated heterocycles. The second-order valence-electron chi connectivity index (χ2n) is 3.42. The number of anilines is 1. The highest BCUT2D eigenvalue weighted by Crippen LogP contribution is 2.28. The van der Waals surface area contributed by atoms with Gasteiger partial charge in [0.2, 0.25) is 0 Å². The quantitative estimate of drug-likeness (QED) is 0.747. The Morgan fingerprint density at radius 2 is 2.29 bits per heavy atom. The zero-order valence-electron chi connectivity index (χ0n) is 8.51. The van der Waals surface area contributed by atoms with Gasteiger partial charge in [-0.05, 0) is 6.08 Å². The molecule has 2 atom stereocenters. The van der Waals surface area contributed by atoms with E-state index in [2.05, 4.69) is 4.98 Å². The number of halogens is 2. The molecule has 0 spiro atoms. The summed E-state index contributed by atoms with van der Waals surface area (Å²) in [5.41, 5.74) is 4.15. The highest BCUT2D eigenvalue weighted by Gasteiger charge is 2.30. The summed E-state index contributed by atoms with van der Waals surface area (Å²) in [6.45, 7) is -0.441. The first kappa shape index (κ1) is 11.7. The normalized spacial score (nSPS) is 23.8. The highest BCUT2D eigenvalue weighted by molar-refractivity contribution is 5.27. The van der Waals surface area contributed by atoms with Gasteiger partial charge >= 0.3 is 5.69 Å². The molecule has 1 aromatic heterocycles. The molecule has 0 unspecified atom stereocenters. The van der Waals surface area contributed by atoms with E-state index in [4.69, 9.17) is 15.6 Å². The molecule has 2 heterocycles. The smallest absolute Gasteiger partial charge is 0.352 e. The summed E-state index contributed by atoms with van der Waals surface area (Å²) < 4.78 is 32.1. The van der Waals surface area contributed by atoms with Gasteiger partial charge in [-0.15, -0.1) is 0 Å². The van der Waals surface area contributed by atoms with Gasteiger partial charge in [-0.25, -0.2) is 13.6 Å². The van der Waals surface area contributed by atoms with E-state index in [9.17, 15) is 13.6 Å². The van der Waals surface area contributed by atoms with Gasteiger partial charge in [0.1, 0.15) is 11.9 Å². The molecule has 6 nitrogen and oxygen atoms in total. The Balaban J connectivity index is 2.40. The van der Waals surface area contributed by atoms with E-state index in [-0.39, 0.29) is 0 Å². The molecule has 0 saturated carbocycles. The first-order valence-corrected chi connectivity index (χ1v) is 4.70. The Morgan fingerprint density at radius 1 is 1.59 bits per heavy atom. The number of nitrogen functional groups attached to an aromatic ring is 1. The Kier molecular flexibility index (Phi) is 2.90. The molecule has 17 heavy (non-hydrogen) atoms. The minimum absolute atomic E-state index is 0.441. The predicted octanol–water partition coefficient (Wildman–Crippen LogP) is -0.292. The standard InChI is InChI=1S/C9H9F2N3O3/c10-5-1-4(3-15)17-8(5)14-2-6(11)7(12)13-9(14)16/h1-2,4,8,15H,3H2,(H2,12,13,16)/t4-,8-/m0/s1. The van der Waals surface area contributed by atoms with Gasteiger partial charge in [-0.1, -0.05) is 0 Å². The van der Waals surface area contributed by atoms with Gasteiger partial charge in [-0.2, -0.15) is 4.98 Å². The second-order valence-corrected chi connectivity index (χ2v) is 3.42. The zero-order chi connectivity index (χ0) is 12.6. The van der Waals surface area contributed by atoms with Crippen molar-refractivity contribution in [2.75, 3.05) is 12.3 Å². The van der Waals surface area contributed by atoms with Crippen LogP contribution >= 0.6 is 0 Å². The van der Waals surface area contributed by atoms with Gasteiger partial charge in [-0.3, -0.25) is 4.57 Å². The minimum Gasteiger partial charge on any atom is -0.393 e. The third-order valence-corrected chi connectivity index (χ3v) is 2.25. The first-order chi connectivity index (χ1) is 8.02. The van der Waals surface area contributed by atoms with Crippen molar-refractivity contribution in [1.82, 2.24) is 9.55 Å². The molecule has 1 aromatic rings. The molecule has 0 aromatic carbocycles. The number of aliphatic hydroxyl groups excluding tert-OH is 1. The fraction of sp³-hybridized carbons (Fsp3) is 0.333. The van der Waals surface area contributed by atoms with Gasteiger partial charge in [0.25, 0.3) is 0 Å². The first-order valence-electron chi connectivity index (χ1n) is 4.70. The lowest BCUT2D eigenvalue weighted by molar-refractivity contribution is -0.0218. The summed E-state index contributed by atoms with van der Waals surface area (Å²) in [4.78, 5) is 14.6. The number of aromatic nitrogens is 2. The van der Waals surface area contributed by atoms with Crippen molar-refractivity contribution in [2.45, 2.75) is 12.3 Å². The predicted molar refractivity (Wildman–Crippen MR) is 53.1 cm³/mol. The summed E-state index contributed by atoms with van der Waals surface area (Å²) in [5, 5.41) is 8.78. The van der Waals surface area contributed by atoms with Gasteiger partial charge in [0.15, 0.2) is 17.9 Å². The number of ether oxygens (including phenoxy) is 1. The van der Waals surface area contributed by atoms with Crippen LogP contribution in [-0.2, 0) is 4.74 Å². The van der Waals surface area contributed by atoms with E-state index >= 15 is 0 Å². The van der Waals surface area contributed by atoms with Crippen molar-refractivity contribution in [3.63, 3.8) is 0 Å². The van der Waals surface area contributed by atoms with Crippen LogP contribution in [0.5, 0.6) is 0 Å². The zero-order valence-corrected chi connectivity index (χ0v) is 8.51. The van der Waals surface area contributed by atoms with Crippen molar-refractivity contribution in [3.05, 3.63) is 34.4 Å². The number of hydrogen-bond acceptors (Lipinski definition) is 5. The molecule has 1 aliphatic rings. The molecule has 0 radical (unpaired) electrons. The van der Waals surface area contributed by atoms with Crippen LogP contribution in [0.2, 0.25) is 0 Å².